The van der Waals surface area contributed by atoms with Crippen LogP contribution in [-0.2, 0) is 4.79 Å². The van der Waals surface area contributed by atoms with Gasteiger partial charge >= 0.3 is 0 Å². The molecule has 1 aliphatic carbocycles. The molecule has 1 saturated carbocycles. The first-order chi connectivity index (χ1) is 12.0. The summed E-state index contributed by atoms with van der Waals surface area (Å²) in [5.41, 5.74) is 7.10. The van der Waals surface area contributed by atoms with Crippen molar-refractivity contribution >= 4 is 11.6 Å². The lowest BCUT2D eigenvalue weighted by Crippen LogP contribution is -2.47. The Kier molecular flexibility index (Phi) is 5.94. The summed E-state index contributed by atoms with van der Waals surface area (Å²) in [7, 11) is 0. The summed E-state index contributed by atoms with van der Waals surface area (Å²) >= 11 is 0. The lowest BCUT2D eigenvalue weighted by molar-refractivity contribution is -0.123. The van der Waals surface area contributed by atoms with Crippen molar-refractivity contribution in [2.75, 3.05) is 37.6 Å². The van der Waals surface area contributed by atoms with Crippen LogP contribution in [0.15, 0.2) is 18.2 Å². The van der Waals surface area contributed by atoms with Gasteiger partial charge in [-0.25, -0.2) is 4.39 Å². The third-order valence-electron chi connectivity index (χ3n) is 6.00. The predicted octanol–water partition coefficient (Wildman–Crippen LogP) is 2.94. The van der Waals surface area contributed by atoms with Crippen molar-refractivity contribution in [3.8, 4) is 0 Å². The topological polar surface area (TPSA) is 49.6 Å². The smallest absolute Gasteiger partial charge is 0.220 e. The van der Waals surface area contributed by atoms with Gasteiger partial charge in [-0.2, -0.15) is 0 Å². The summed E-state index contributed by atoms with van der Waals surface area (Å²) < 4.78 is 13.7. The van der Waals surface area contributed by atoms with Crippen LogP contribution in [0.4, 0.5) is 10.1 Å². The molecule has 0 aromatic heterocycles. The van der Waals surface area contributed by atoms with Crippen LogP contribution in [0.2, 0.25) is 0 Å². The molecule has 1 aromatic carbocycles. The van der Waals surface area contributed by atoms with Gasteiger partial charge in [-0.3, -0.25) is 9.69 Å². The zero-order chi connectivity index (χ0) is 17.8. The molecule has 1 amide bonds. The number of nitrogens with zero attached hydrogens (tertiary/aromatic N) is 2. The van der Waals surface area contributed by atoms with Crippen molar-refractivity contribution < 1.29 is 9.18 Å². The van der Waals surface area contributed by atoms with Gasteiger partial charge in [0.15, 0.2) is 0 Å². The Morgan fingerprint density at radius 2 is 1.84 bits per heavy atom. The number of rotatable bonds is 5. The Bertz CT molecular complexity index is 591. The molecular formula is C20H30FN3O. The first kappa shape index (κ1) is 18.2. The third-order valence-corrected chi connectivity index (χ3v) is 6.00. The average Bonchev–Trinajstić information content (AvgIpc) is 2.63. The highest BCUT2D eigenvalue weighted by molar-refractivity contribution is 5.76. The van der Waals surface area contributed by atoms with Crippen molar-refractivity contribution in [3.63, 3.8) is 0 Å². The van der Waals surface area contributed by atoms with Crippen LogP contribution < -0.4 is 10.6 Å². The van der Waals surface area contributed by atoms with E-state index in [2.05, 4.69) is 9.80 Å². The first-order valence-electron chi connectivity index (χ1n) is 9.55. The van der Waals surface area contributed by atoms with Gasteiger partial charge in [0.05, 0.1) is 0 Å². The summed E-state index contributed by atoms with van der Waals surface area (Å²) in [6.07, 6.45) is 5.41. The zero-order valence-corrected chi connectivity index (χ0v) is 15.2. The van der Waals surface area contributed by atoms with E-state index in [9.17, 15) is 9.18 Å². The lowest BCUT2D eigenvalue weighted by Gasteiger charge is -2.37. The highest BCUT2D eigenvalue weighted by Gasteiger charge is 2.25. The molecule has 2 fully saturated rings. The molecular weight excluding hydrogens is 317 g/mol. The predicted molar refractivity (Wildman–Crippen MR) is 99.0 cm³/mol. The number of nitrogens with two attached hydrogens (primary N) is 1. The van der Waals surface area contributed by atoms with Crippen molar-refractivity contribution in [2.45, 2.75) is 39.0 Å². The van der Waals surface area contributed by atoms with Gasteiger partial charge in [-0.15, -0.1) is 0 Å². The molecule has 3 rings (SSSR count). The molecule has 0 radical (unpaired) electrons. The summed E-state index contributed by atoms with van der Waals surface area (Å²) in [4.78, 5) is 16.0. The summed E-state index contributed by atoms with van der Waals surface area (Å²) in [6.45, 7) is 6.90. The van der Waals surface area contributed by atoms with Crippen molar-refractivity contribution in [2.24, 2.45) is 17.6 Å². The van der Waals surface area contributed by atoms with Crippen LogP contribution in [0.25, 0.3) is 0 Å². The maximum Gasteiger partial charge on any atom is 0.220 e. The van der Waals surface area contributed by atoms with E-state index in [1.165, 1.54) is 6.42 Å². The Balaban J connectivity index is 1.39. The average molecular weight is 347 g/mol. The molecule has 1 aliphatic heterocycles. The Labute approximate surface area is 150 Å². The third kappa shape index (κ3) is 4.72. The number of piperazine rings is 1. The fraction of sp³-hybridized carbons (Fsp3) is 0.650. The van der Waals surface area contributed by atoms with Gasteiger partial charge in [0, 0.05) is 37.8 Å². The van der Waals surface area contributed by atoms with E-state index >= 15 is 0 Å². The number of hydrogen-bond donors (Lipinski definition) is 1. The van der Waals surface area contributed by atoms with Crippen molar-refractivity contribution in [1.82, 2.24) is 4.90 Å². The molecule has 0 atom stereocenters. The second-order valence-corrected chi connectivity index (χ2v) is 7.67. The van der Waals surface area contributed by atoms with E-state index in [0.717, 1.165) is 70.0 Å². The molecule has 1 aromatic rings. The zero-order valence-electron chi connectivity index (χ0n) is 15.2. The monoisotopic (exact) mass is 347 g/mol. The SMILES string of the molecule is Cc1ccc(N2CCN(CCC3CCC(C(N)=O)CC3)CC2)cc1F. The Hall–Kier alpha value is -1.62. The number of benzene rings is 1. The highest BCUT2D eigenvalue weighted by atomic mass is 19.1. The second kappa shape index (κ2) is 8.17. The van der Waals surface area contributed by atoms with Crippen molar-refractivity contribution in [3.05, 3.63) is 29.6 Å². The number of primary amides is 1. The van der Waals surface area contributed by atoms with Gasteiger partial charge in [0.1, 0.15) is 5.82 Å². The maximum atomic E-state index is 13.7. The Morgan fingerprint density at radius 1 is 1.16 bits per heavy atom. The quantitative estimate of drug-likeness (QED) is 0.891. The molecule has 138 valence electrons. The number of amides is 1. The number of aryl methyl sites for hydroxylation is 1. The molecule has 5 heteroatoms. The van der Waals surface area contributed by atoms with Gasteiger partial charge in [0.2, 0.25) is 5.91 Å². The molecule has 4 nitrogen and oxygen atoms in total. The Morgan fingerprint density at radius 3 is 2.44 bits per heavy atom. The second-order valence-electron chi connectivity index (χ2n) is 7.67. The fourth-order valence-corrected chi connectivity index (χ4v) is 4.11. The maximum absolute atomic E-state index is 13.7. The molecule has 0 unspecified atom stereocenters. The minimum absolute atomic E-state index is 0.106. The summed E-state index contributed by atoms with van der Waals surface area (Å²) in [6, 6.07) is 5.53. The molecule has 25 heavy (non-hydrogen) atoms. The normalized spacial score (nSPS) is 25.1. The van der Waals surface area contributed by atoms with Crippen LogP contribution >= 0.6 is 0 Å². The number of hydrogen-bond acceptors (Lipinski definition) is 3. The van der Waals surface area contributed by atoms with Gasteiger partial charge in [-0.1, -0.05) is 6.07 Å². The minimum Gasteiger partial charge on any atom is -0.369 e. The van der Waals surface area contributed by atoms with E-state index in [1.807, 2.05) is 12.1 Å². The summed E-state index contributed by atoms with van der Waals surface area (Å²) in [5.74, 6) is 0.600. The van der Waals surface area contributed by atoms with E-state index in [0.29, 0.717) is 5.56 Å². The molecule has 0 bridgehead atoms. The van der Waals surface area contributed by atoms with E-state index in [1.54, 1.807) is 13.0 Å². The summed E-state index contributed by atoms with van der Waals surface area (Å²) in [5, 5.41) is 0. The van der Waals surface area contributed by atoms with Gasteiger partial charge in [-0.05, 0) is 69.2 Å². The fourth-order valence-electron chi connectivity index (χ4n) is 4.11. The standard InChI is InChI=1S/C20H30FN3O/c1-15-2-7-18(14-19(15)21)24-12-10-23(11-13-24)9-8-16-3-5-17(6-4-16)20(22)25/h2,7,14,16-17H,3-6,8-13H2,1H3,(H2,22,25). The van der Waals surface area contributed by atoms with Crippen LogP contribution in [-0.4, -0.2) is 43.5 Å². The van der Waals surface area contributed by atoms with Crippen LogP contribution in [0.3, 0.4) is 0 Å². The van der Waals surface area contributed by atoms with Crippen LogP contribution in [0.1, 0.15) is 37.7 Å². The molecule has 1 saturated heterocycles. The molecule has 1 heterocycles. The highest BCUT2D eigenvalue weighted by Crippen LogP contribution is 2.31. The van der Waals surface area contributed by atoms with Crippen LogP contribution in [0.5, 0.6) is 0 Å². The van der Waals surface area contributed by atoms with Crippen LogP contribution in [0, 0.1) is 24.6 Å². The van der Waals surface area contributed by atoms with E-state index < -0.39 is 0 Å². The number of carbonyl (C=O) groups excluding carboxylic acids is 1. The molecule has 0 spiro atoms. The number of carbonyl (C=O) groups is 1. The van der Waals surface area contributed by atoms with Gasteiger partial charge < -0.3 is 10.6 Å². The largest absolute Gasteiger partial charge is 0.369 e. The molecule has 2 N–H and O–H groups in total. The number of halogens is 1. The van der Waals surface area contributed by atoms with Crippen molar-refractivity contribution in [1.29, 1.82) is 0 Å². The minimum atomic E-state index is -0.123. The van der Waals surface area contributed by atoms with E-state index in [-0.39, 0.29) is 17.6 Å². The first-order valence-corrected chi connectivity index (χ1v) is 9.55. The van der Waals surface area contributed by atoms with E-state index in [4.69, 9.17) is 5.73 Å². The molecule has 2 aliphatic rings. The number of anilines is 1. The lowest BCUT2D eigenvalue weighted by atomic mass is 9.80. The van der Waals surface area contributed by atoms with Gasteiger partial charge in [0.25, 0.3) is 0 Å².